The van der Waals surface area contributed by atoms with Gasteiger partial charge in [0, 0.05) is 6.04 Å². The van der Waals surface area contributed by atoms with E-state index in [1.807, 2.05) is 0 Å². The lowest BCUT2D eigenvalue weighted by atomic mass is 10.0. The predicted octanol–water partition coefficient (Wildman–Crippen LogP) is 4.37. The van der Waals surface area contributed by atoms with Crippen molar-refractivity contribution >= 4 is 0 Å². The molecule has 16 heavy (non-hydrogen) atoms. The van der Waals surface area contributed by atoms with Crippen molar-refractivity contribution in [2.75, 3.05) is 13.1 Å². The smallest absolute Gasteiger partial charge is 0.00957 e. The van der Waals surface area contributed by atoms with Crippen molar-refractivity contribution in [3.8, 4) is 0 Å². The van der Waals surface area contributed by atoms with Crippen LogP contribution in [0.25, 0.3) is 0 Å². The number of nitrogens with zero attached hydrogens (tertiary/aromatic N) is 1. The van der Waals surface area contributed by atoms with Crippen LogP contribution in [0.5, 0.6) is 0 Å². The molecule has 0 spiro atoms. The maximum Gasteiger partial charge on any atom is 0.00957 e. The van der Waals surface area contributed by atoms with E-state index < -0.39 is 0 Å². The summed E-state index contributed by atoms with van der Waals surface area (Å²) in [6.45, 7) is 2.79. The molecule has 2 aliphatic rings. The first-order valence-electron chi connectivity index (χ1n) is 7.71. The second-order valence-corrected chi connectivity index (χ2v) is 5.80. The molecule has 2 saturated heterocycles. The third kappa shape index (κ3) is 4.08. The SMILES string of the molecule is C1CCCCCC2CCCN2CCCCC1. The molecular weight excluding hydrogens is 194 g/mol. The van der Waals surface area contributed by atoms with Gasteiger partial charge in [-0.25, -0.2) is 0 Å². The Morgan fingerprint density at radius 2 is 1.00 bits per heavy atom. The second kappa shape index (κ2) is 7.32. The zero-order chi connectivity index (χ0) is 11.1. The van der Waals surface area contributed by atoms with Gasteiger partial charge < -0.3 is 4.90 Å². The first-order chi connectivity index (χ1) is 7.97. The zero-order valence-corrected chi connectivity index (χ0v) is 10.9. The van der Waals surface area contributed by atoms with Crippen LogP contribution in [0.1, 0.15) is 77.0 Å². The van der Waals surface area contributed by atoms with Crippen LogP contribution >= 0.6 is 0 Å². The maximum atomic E-state index is 2.79. The molecule has 0 aromatic rings. The Bertz CT molecular complexity index is 160. The summed E-state index contributed by atoms with van der Waals surface area (Å²) in [6, 6.07) is 0.959. The highest BCUT2D eigenvalue weighted by Crippen LogP contribution is 2.24. The molecule has 2 aliphatic heterocycles. The van der Waals surface area contributed by atoms with Crippen molar-refractivity contribution in [3.05, 3.63) is 0 Å². The summed E-state index contributed by atoms with van der Waals surface area (Å²) in [5.41, 5.74) is 0. The molecule has 2 heterocycles. The van der Waals surface area contributed by atoms with Crippen LogP contribution in [0.4, 0.5) is 0 Å². The van der Waals surface area contributed by atoms with E-state index in [-0.39, 0.29) is 0 Å². The molecule has 1 heteroatoms. The molecule has 0 aliphatic carbocycles. The normalized spacial score (nSPS) is 31.1. The molecule has 0 saturated carbocycles. The largest absolute Gasteiger partial charge is 0.300 e. The van der Waals surface area contributed by atoms with E-state index in [1.54, 1.807) is 0 Å². The molecule has 0 radical (unpaired) electrons. The lowest BCUT2D eigenvalue weighted by Gasteiger charge is -2.24. The molecular formula is C15H29N. The minimum absolute atomic E-state index is 0.959. The molecule has 1 atom stereocenters. The molecule has 94 valence electrons. The molecule has 0 bridgehead atoms. The molecule has 0 aromatic carbocycles. The van der Waals surface area contributed by atoms with Crippen molar-refractivity contribution in [2.24, 2.45) is 0 Å². The van der Waals surface area contributed by atoms with Gasteiger partial charge in [-0.3, -0.25) is 0 Å². The lowest BCUT2D eigenvalue weighted by molar-refractivity contribution is 0.234. The first kappa shape index (κ1) is 12.4. The van der Waals surface area contributed by atoms with E-state index in [4.69, 9.17) is 0 Å². The van der Waals surface area contributed by atoms with Crippen LogP contribution in [0, 0.1) is 0 Å². The van der Waals surface area contributed by atoms with Crippen molar-refractivity contribution in [3.63, 3.8) is 0 Å². The quantitative estimate of drug-likeness (QED) is 0.589. The number of rotatable bonds is 0. The van der Waals surface area contributed by atoms with E-state index in [0.717, 1.165) is 6.04 Å². The molecule has 0 N–H and O–H groups in total. The molecule has 1 unspecified atom stereocenters. The van der Waals surface area contributed by atoms with Crippen molar-refractivity contribution in [1.82, 2.24) is 4.90 Å². The van der Waals surface area contributed by atoms with E-state index in [1.165, 1.54) is 90.1 Å². The van der Waals surface area contributed by atoms with E-state index in [0.29, 0.717) is 0 Å². The number of hydrogen-bond donors (Lipinski definition) is 0. The summed E-state index contributed by atoms with van der Waals surface area (Å²) in [4.78, 5) is 2.79. The third-order valence-corrected chi connectivity index (χ3v) is 4.48. The zero-order valence-electron chi connectivity index (χ0n) is 10.9. The van der Waals surface area contributed by atoms with E-state index in [9.17, 15) is 0 Å². The van der Waals surface area contributed by atoms with Gasteiger partial charge in [-0.15, -0.1) is 0 Å². The van der Waals surface area contributed by atoms with Crippen molar-refractivity contribution < 1.29 is 0 Å². The second-order valence-electron chi connectivity index (χ2n) is 5.80. The van der Waals surface area contributed by atoms with Gasteiger partial charge in [-0.1, -0.05) is 51.4 Å². The first-order valence-corrected chi connectivity index (χ1v) is 7.71. The predicted molar refractivity (Wildman–Crippen MR) is 70.8 cm³/mol. The van der Waals surface area contributed by atoms with Gasteiger partial charge >= 0.3 is 0 Å². The van der Waals surface area contributed by atoms with Crippen molar-refractivity contribution in [1.29, 1.82) is 0 Å². The highest BCUT2D eigenvalue weighted by atomic mass is 15.2. The Hall–Kier alpha value is -0.0400. The van der Waals surface area contributed by atoms with Crippen LogP contribution in [0.3, 0.4) is 0 Å². The molecule has 1 nitrogen and oxygen atoms in total. The molecule has 2 fully saturated rings. The average Bonchev–Trinajstić information content (AvgIpc) is 2.73. The van der Waals surface area contributed by atoms with Gasteiger partial charge in [-0.2, -0.15) is 0 Å². The highest BCUT2D eigenvalue weighted by molar-refractivity contribution is 4.79. The fourth-order valence-electron chi connectivity index (χ4n) is 3.45. The topological polar surface area (TPSA) is 3.24 Å². The number of hydrogen-bond acceptors (Lipinski definition) is 1. The van der Waals surface area contributed by atoms with Gasteiger partial charge in [0.15, 0.2) is 0 Å². The van der Waals surface area contributed by atoms with Crippen LogP contribution < -0.4 is 0 Å². The highest BCUT2D eigenvalue weighted by Gasteiger charge is 2.23. The molecule has 0 aromatic heterocycles. The number of fused-ring (bicyclic) bond motifs is 1. The molecule has 0 amide bonds. The maximum absolute atomic E-state index is 2.79. The third-order valence-electron chi connectivity index (χ3n) is 4.48. The van der Waals surface area contributed by atoms with E-state index in [2.05, 4.69) is 4.90 Å². The Labute approximate surface area is 102 Å². The fraction of sp³-hybridized carbons (Fsp3) is 1.00. The molecule has 2 rings (SSSR count). The summed E-state index contributed by atoms with van der Waals surface area (Å²) in [7, 11) is 0. The van der Waals surface area contributed by atoms with Gasteiger partial charge in [0.2, 0.25) is 0 Å². The van der Waals surface area contributed by atoms with Crippen LogP contribution in [0.15, 0.2) is 0 Å². The summed E-state index contributed by atoms with van der Waals surface area (Å²) < 4.78 is 0. The Kier molecular flexibility index (Phi) is 5.68. The minimum Gasteiger partial charge on any atom is -0.300 e. The fourth-order valence-corrected chi connectivity index (χ4v) is 3.45. The summed E-state index contributed by atoms with van der Waals surface area (Å²) in [6.07, 6.45) is 17.8. The van der Waals surface area contributed by atoms with Crippen molar-refractivity contribution in [2.45, 2.75) is 83.1 Å². The van der Waals surface area contributed by atoms with Gasteiger partial charge in [0.1, 0.15) is 0 Å². The Morgan fingerprint density at radius 1 is 0.500 bits per heavy atom. The lowest BCUT2D eigenvalue weighted by Crippen LogP contribution is -2.30. The Morgan fingerprint density at radius 3 is 1.75 bits per heavy atom. The van der Waals surface area contributed by atoms with Crippen LogP contribution in [-0.2, 0) is 0 Å². The summed E-state index contributed by atoms with van der Waals surface area (Å²) in [5.74, 6) is 0. The van der Waals surface area contributed by atoms with E-state index >= 15 is 0 Å². The average molecular weight is 223 g/mol. The summed E-state index contributed by atoms with van der Waals surface area (Å²) in [5, 5.41) is 0. The van der Waals surface area contributed by atoms with Crippen LogP contribution in [-0.4, -0.2) is 24.0 Å². The van der Waals surface area contributed by atoms with Gasteiger partial charge in [0.25, 0.3) is 0 Å². The van der Waals surface area contributed by atoms with Gasteiger partial charge in [-0.05, 0) is 38.8 Å². The standard InChI is InChI=1S/C15H29N/c1-2-4-6-8-11-15-12-10-14-16(15)13-9-7-5-3-1/h15H,1-14H2. The van der Waals surface area contributed by atoms with Crippen LogP contribution in [0.2, 0.25) is 0 Å². The minimum atomic E-state index is 0.959. The monoisotopic (exact) mass is 223 g/mol. The summed E-state index contributed by atoms with van der Waals surface area (Å²) >= 11 is 0. The Balaban J connectivity index is 1.75. The van der Waals surface area contributed by atoms with Gasteiger partial charge in [0.05, 0.1) is 0 Å².